The lowest BCUT2D eigenvalue weighted by Crippen LogP contribution is -2.19. The monoisotopic (exact) mass is 302 g/mol. The summed E-state index contributed by atoms with van der Waals surface area (Å²) in [5.41, 5.74) is 6.39. The van der Waals surface area contributed by atoms with Gasteiger partial charge in [-0.05, 0) is 24.1 Å². The number of aliphatic carboxylic acids is 1. The summed E-state index contributed by atoms with van der Waals surface area (Å²) in [6.07, 6.45) is 1.76. The molecule has 1 unspecified atom stereocenters. The van der Waals surface area contributed by atoms with Crippen LogP contribution in [-0.2, 0) is 11.2 Å². The standard InChI is InChI=1S/C15H14N2O3S/c16-14(18)11-6-7-13(17-9-11)21-12(15(19)20)8-10-4-2-1-3-5-10/h1-7,9,12H,8H2,(H2,16,18)(H,19,20). The molecule has 6 heteroatoms. The third-order valence-electron chi connectivity index (χ3n) is 2.82. The van der Waals surface area contributed by atoms with Gasteiger partial charge >= 0.3 is 5.97 Å². The molecule has 1 aromatic heterocycles. The smallest absolute Gasteiger partial charge is 0.317 e. The molecule has 108 valence electrons. The van der Waals surface area contributed by atoms with Gasteiger partial charge in [-0.25, -0.2) is 4.98 Å². The highest BCUT2D eigenvalue weighted by molar-refractivity contribution is 8.00. The topological polar surface area (TPSA) is 93.3 Å². The molecule has 0 saturated heterocycles. The van der Waals surface area contributed by atoms with Crippen molar-refractivity contribution >= 4 is 23.6 Å². The molecule has 1 atom stereocenters. The number of carbonyl (C=O) groups excluding carboxylic acids is 1. The molecular formula is C15H14N2O3S. The van der Waals surface area contributed by atoms with Gasteiger partial charge < -0.3 is 10.8 Å². The van der Waals surface area contributed by atoms with E-state index in [2.05, 4.69) is 4.98 Å². The number of benzene rings is 1. The van der Waals surface area contributed by atoms with E-state index in [0.29, 0.717) is 17.0 Å². The molecule has 0 saturated carbocycles. The van der Waals surface area contributed by atoms with E-state index in [9.17, 15) is 14.7 Å². The van der Waals surface area contributed by atoms with Crippen molar-refractivity contribution in [2.75, 3.05) is 0 Å². The number of amides is 1. The summed E-state index contributed by atoms with van der Waals surface area (Å²) >= 11 is 1.15. The highest BCUT2D eigenvalue weighted by atomic mass is 32.2. The fourth-order valence-electron chi connectivity index (χ4n) is 1.75. The first-order valence-electron chi connectivity index (χ1n) is 6.25. The first-order chi connectivity index (χ1) is 10.1. The van der Waals surface area contributed by atoms with Crippen LogP contribution in [0.4, 0.5) is 0 Å². The number of carboxylic acid groups (broad SMARTS) is 1. The van der Waals surface area contributed by atoms with E-state index in [4.69, 9.17) is 5.73 Å². The lowest BCUT2D eigenvalue weighted by atomic mass is 10.1. The first-order valence-corrected chi connectivity index (χ1v) is 7.13. The van der Waals surface area contributed by atoms with E-state index < -0.39 is 17.1 Å². The summed E-state index contributed by atoms with van der Waals surface area (Å²) in [5.74, 6) is -1.46. The van der Waals surface area contributed by atoms with Crippen LogP contribution >= 0.6 is 11.8 Å². The maximum atomic E-state index is 11.4. The van der Waals surface area contributed by atoms with Crippen molar-refractivity contribution < 1.29 is 14.7 Å². The van der Waals surface area contributed by atoms with Crippen LogP contribution in [0.3, 0.4) is 0 Å². The second-order valence-corrected chi connectivity index (χ2v) is 5.61. The molecule has 0 aliphatic heterocycles. The van der Waals surface area contributed by atoms with Gasteiger partial charge in [0.2, 0.25) is 5.91 Å². The number of hydrogen-bond donors (Lipinski definition) is 2. The molecule has 0 bridgehead atoms. The average molecular weight is 302 g/mol. The molecule has 0 radical (unpaired) electrons. The van der Waals surface area contributed by atoms with Gasteiger partial charge in [-0.3, -0.25) is 9.59 Å². The predicted octanol–water partition coefficient (Wildman–Crippen LogP) is 1.97. The summed E-state index contributed by atoms with van der Waals surface area (Å²) in [4.78, 5) is 26.4. The Morgan fingerprint density at radius 3 is 2.43 bits per heavy atom. The highest BCUT2D eigenvalue weighted by Crippen LogP contribution is 2.24. The Balaban J connectivity index is 2.09. The van der Waals surface area contributed by atoms with E-state index in [0.717, 1.165) is 17.3 Å². The van der Waals surface area contributed by atoms with Gasteiger partial charge in [0.15, 0.2) is 0 Å². The number of nitrogens with zero attached hydrogens (tertiary/aromatic N) is 1. The molecule has 0 fully saturated rings. The number of nitrogens with two attached hydrogens (primary N) is 1. The Morgan fingerprint density at radius 2 is 1.90 bits per heavy atom. The van der Waals surface area contributed by atoms with Crippen LogP contribution in [-0.4, -0.2) is 27.2 Å². The summed E-state index contributed by atoms with van der Waals surface area (Å²) in [6.45, 7) is 0. The van der Waals surface area contributed by atoms with Gasteiger partial charge in [0.05, 0.1) is 10.6 Å². The van der Waals surface area contributed by atoms with E-state index in [1.165, 1.54) is 6.20 Å². The SMILES string of the molecule is NC(=O)c1ccc(SC(Cc2ccccc2)C(=O)O)nc1. The number of pyridine rings is 1. The minimum Gasteiger partial charge on any atom is -0.480 e. The van der Waals surface area contributed by atoms with Gasteiger partial charge in [-0.1, -0.05) is 42.1 Å². The van der Waals surface area contributed by atoms with Crippen LogP contribution in [0.1, 0.15) is 15.9 Å². The van der Waals surface area contributed by atoms with Gasteiger partial charge in [0.25, 0.3) is 0 Å². The van der Waals surface area contributed by atoms with E-state index in [1.54, 1.807) is 12.1 Å². The number of rotatable bonds is 6. The number of aromatic nitrogens is 1. The molecule has 3 N–H and O–H groups in total. The number of primary amides is 1. The van der Waals surface area contributed by atoms with Crippen molar-refractivity contribution in [3.8, 4) is 0 Å². The molecule has 2 aromatic rings. The Bertz CT molecular complexity index is 629. The maximum absolute atomic E-state index is 11.4. The third kappa shape index (κ3) is 4.32. The summed E-state index contributed by atoms with van der Waals surface area (Å²) < 4.78 is 0. The molecule has 0 aliphatic carbocycles. The van der Waals surface area contributed by atoms with Crippen molar-refractivity contribution in [1.82, 2.24) is 4.98 Å². The minimum absolute atomic E-state index is 0.300. The van der Waals surface area contributed by atoms with Crippen molar-refractivity contribution in [3.05, 3.63) is 59.8 Å². The quantitative estimate of drug-likeness (QED) is 0.796. The first kappa shape index (κ1) is 15.1. The lowest BCUT2D eigenvalue weighted by molar-refractivity contribution is -0.136. The Kier molecular flexibility index (Phi) is 4.94. The zero-order valence-corrected chi connectivity index (χ0v) is 11.9. The summed E-state index contributed by atoms with van der Waals surface area (Å²) in [7, 11) is 0. The molecular weight excluding hydrogens is 288 g/mol. The van der Waals surface area contributed by atoms with Crippen LogP contribution < -0.4 is 5.73 Å². The second-order valence-electron chi connectivity index (χ2n) is 4.38. The van der Waals surface area contributed by atoms with Crippen LogP contribution in [0, 0.1) is 0 Å². The summed E-state index contributed by atoms with van der Waals surface area (Å²) in [6, 6.07) is 12.6. The van der Waals surface area contributed by atoms with Crippen molar-refractivity contribution in [2.45, 2.75) is 16.7 Å². The Morgan fingerprint density at radius 1 is 1.19 bits per heavy atom. The Hall–Kier alpha value is -2.34. The molecule has 2 rings (SSSR count). The summed E-state index contributed by atoms with van der Waals surface area (Å²) in [5, 5.41) is 9.22. The third-order valence-corrected chi connectivity index (χ3v) is 3.96. The number of carboxylic acids is 1. The van der Waals surface area contributed by atoms with Gasteiger partial charge in [-0.2, -0.15) is 0 Å². The van der Waals surface area contributed by atoms with Crippen LogP contribution in [0.5, 0.6) is 0 Å². The minimum atomic E-state index is -0.898. The highest BCUT2D eigenvalue weighted by Gasteiger charge is 2.20. The molecule has 1 amide bonds. The van der Waals surface area contributed by atoms with Crippen LogP contribution in [0.2, 0.25) is 0 Å². The lowest BCUT2D eigenvalue weighted by Gasteiger charge is -2.11. The second kappa shape index (κ2) is 6.90. The van der Waals surface area contributed by atoms with Crippen molar-refractivity contribution in [3.63, 3.8) is 0 Å². The van der Waals surface area contributed by atoms with Crippen molar-refractivity contribution in [2.24, 2.45) is 5.73 Å². The fourth-order valence-corrected chi connectivity index (χ4v) is 2.68. The normalized spacial score (nSPS) is 11.8. The van der Waals surface area contributed by atoms with E-state index in [1.807, 2.05) is 30.3 Å². The number of thioether (sulfide) groups is 1. The molecule has 0 spiro atoms. The molecule has 21 heavy (non-hydrogen) atoms. The number of carbonyl (C=O) groups is 2. The fraction of sp³-hybridized carbons (Fsp3) is 0.133. The van der Waals surface area contributed by atoms with E-state index in [-0.39, 0.29) is 0 Å². The zero-order valence-electron chi connectivity index (χ0n) is 11.1. The van der Waals surface area contributed by atoms with Gasteiger partial charge in [0, 0.05) is 6.20 Å². The Labute approximate surface area is 126 Å². The number of hydrogen-bond acceptors (Lipinski definition) is 4. The zero-order chi connectivity index (χ0) is 15.2. The maximum Gasteiger partial charge on any atom is 0.317 e. The van der Waals surface area contributed by atoms with Gasteiger partial charge in [0.1, 0.15) is 5.25 Å². The largest absolute Gasteiger partial charge is 0.480 e. The van der Waals surface area contributed by atoms with Crippen LogP contribution in [0.25, 0.3) is 0 Å². The predicted molar refractivity (Wildman–Crippen MR) is 80.2 cm³/mol. The van der Waals surface area contributed by atoms with E-state index >= 15 is 0 Å². The van der Waals surface area contributed by atoms with Crippen molar-refractivity contribution in [1.29, 1.82) is 0 Å². The molecule has 1 heterocycles. The average Bonchev–Trinajstić information content (AvgIpc) is 2.48. The molecule has 1 aromatic carbocycles. The van der Waals surface area contributed by atoms with Gasteiger partial charge in [-0.15, -0.1) is 0 Å². The van der Waals surface area contributed by atoms with Crippen LogP contribution in [0.15, 0.2) is 53.7 Å². The molecule has 5 nitrogen and oxygen atoms in total. The molecule has 0 aliphatic rings.